The Morgan fingerprint density at radius 2 is 1.96 bits per heavy atom. The SMILES string of the molecule is CCOC(=O)[C@H](N=C1C[C@@H]2C[C@@H](C2(C)C)[C@]1(C)O[Si](C)(C)C)C(F)(F)Br. The molecular formula is C18H30BrF2NO3Si. The number of hydrogen-bond donors (Lipinski definition) is 0. The third-order valence-corrected chi connectivity index (χ3v) is 7.24. The van der Waals surface area contributed by atoms with Crippen molar-refractivity contribution in [3.63, 3.8) is 0 Å². The monoisotopic (exact) mass is 453 g/mol. The zero-order valence-electron chi connectivity index (χ0n) is 16.7. The van der Waals surface area contributed by atoms with E-state index in [-0.39, 0.29) is 17.9 Å². The molecule has 0 aromatic carbocycles. The Labute approximate surface area is 164 Å². The van der Waals surface area contributed by atoms with Gasteiger partial charge in [-0.05, 0) is 79.5 Å². The second-order valence-corrected chi connectivity index (χ2v) is 14.6. The van der Waals surface area contributed by atoms with Crippen molar-refractivity contribution in [2.75, 3.05) is 6.61 Å². The van der Waals surface area contributed by atoms with Crippen molar-refractivity contribution in [2.45, 2.75) is 76.7 Å². The molecule has 0 amide bonds. The number of nitrogens with zero attached hydrogens (tertiary/aromatic N) is 1. The molecular weight excluding hydrogens is 424 g/mol. The number of ether oxygens (including phenoxy) is 1. The molecule has 0 unspecified atom stereocenters. The average molecular weight is 454 g/mol. The van der Waals surface area contributed by atoms with Gasteiger partial charge in [0.2, 0.25) is 6.04 Å². The number of alkyl halides is 3. The van der Waals surface area contributed by atoms with E-state index in [1.807, 2.05) is 6.92 Å². The number of esters is 1. The van der Waals surface area contributed by atoms with Gasteiger partial charge in [0.15, 0.2) is 8.32 Å². The van der Waals surface area contributed by atoms with Gasteiger partial charge in [-0.25, -0.2) is 4.79 Å². The van der Waals surface area contributed by atoms with Crippen LogP contribution in [0.4, 0.5) is 8.78 Å². The van der Waals surface area contributed by atoms with Gasteiger partial charge in [0.1, 0.15) is 0 Å². The zero-order valence-corrected chi connectivity index (χ0v) is 19.2. The van der Waals surface area contributed by atoms with Gasteiger partial charge in [0, 0.05) is 5.71 Å². The van der Waals surface area contributed by atoms with Gasteiger partial charge in [0.25, 0.3) is 0 Å². The molecule has 4 atom stereocenters. The highest BCUT2D eigenvalue weighted by Gasteiger charge is 2.64. The van der Waals surface area contributed by atoms with E-state index in [0.29, 0.717) is 18.1 Å². The van der Waals surface area contributed by atoms with Crippen LogP contribution in [0, 0.1) is 17.3 Å². The molecule has 0 aromatic rings. The predicted octanol–water partition coefficient (Wildman–Crippen LogP) is 5.02. The Balaban J connectivity index is 2.47. The summed E-state index contributed by atoms with van der Waals surface area (Å²) < 4.78 is 39.4. The molecule has 0 aliphatic heterocycles. The number of carbonyl (C=O) groups is 1. The van der Waals surface area contributed by atoms with Gasteiger partial charge in [-0.2, -0.15) is 8.78 Å². The number of fused-ring (bicyclic) bond motifs is 2. The molecule has 2 bridgehead atoms. The van der Waals surface area contributed by atoms with Crippen LogP contribution in [0.5, 0.6) is 0 Å². The van der Waals surface area contributed by atoms with E-state index in [0.717, 1.165) is 6.42 Å². The standard InChI is InChI=1S/C18H30BrF2NO3Si/c1-8-24-15(23)14(18(19,20)21)22-13-10-11-9-12(16(11,2)3)17(13,4)25-26(5,6)7/h11-12,14H,8-10H2,1-7H3/t11-,12-,14-,17-/m0/s1. The Bertz CT molecular complexity index is 600. The number of halogens is 3. The minimum absolute atomic E-state index is 0.0320. The van der Waals surface area contributed by atoms with Crippen molar-refractivity contribution >= 4 is 35.9 Å². The van der Waals surface area contributed by atoms with E-state index in [2.05, 4.69) is 54.4 Å². The number of carbonyl (C=O) groups excluding carboxylic acids is 1. The first-order chi connectivity index (χ1) is 11.6. The van der Waals surface area contributed by atoms with Crippen molar-refractivity contribution in [1.29, 1.82) is 0 Å². The molecule has 0 saturated heterocycles. The van der Waals surface area contributed by atoms with Gasteiger partial charge in [-0.1, -0.05) is 13.8 Å². The van der Waals surface area contributed by atoms with E-state index < -0.39 is 30.8 Å². The highest BCUT2D eigenvalue weighted by molar-refractivity contribution is 9.10. The van der Waals surface area contributed by atoms with Crippen LogP contribution in [0.25, 0.3) is 0 Å². The van der Waals surface area contributed by atoms with Crippen LogP contribution in [-0.4, -0.2) is 43.1 Å². The first-order valence-corrected chi connectivity index (χ1v) is 13.3. The summed E-state index contributed by atoms with van der Waals surface area (Å²) in [6.07, 6.45) is 1.57. The first-order valence-electron chi connectivity index (χ1n) is 9.13. The van der Waals surface area contributed by atoms with E-state index in [1.54, 1.807) is 6.92 Å². The van der Waals surface area contributed by atoms with Crippen molar-refractivity contribution < 1.29 is 22.7 Å². The van der Waals surface area contributed by atoms with E-state index in [1.165, 1.54) is 0 Å². The number of hydrogen-bond acceptors (Lipinski definition) is 4. The number of rotatable bonds is 6. The molecule has 0 heterocycles. The van der Waals surface area contributed by atoms with E-state index in [4.69, 9.17) is 9.16 Å². The van der Waals surface area contributed by atoms with Gasteiger partial charge in [-0.15, -0.1) is 0 Å². The largest absolute Gasteiger partial charge is 0.464 e. The number of aliphatic imine (C=N–C) groups is 1. The Morgan fingerprint density at radius 1 is 1.38 bits per heavy atom. The molecule has 0 N–H and O–H groups in total. The molecule has 4 nitrogen and oxygen atoms in total. The topological polar surface area (TPSA) is 47.9 Å². The van der Waals surface area contributed by atoms with Crippen LogP contribution in [0.1, 0.15) is 40.5 Å². The average Bonchev–Trinajstić information content (AvgIpc) is 2.41. The van der Waals surface area contributed by atoms with Crippen LogP contribution in [0.3, 0.4) is 0 Å². The van der Waals surface area contributed by atoms with Crippen molar-refractivity contribution in [2.24, 2.45) is 22.2 Å². The van der Waals surface area contributed by atoms with Crippen molar-refractivity contribution in [3.05, 3.63) is 0 Å². The maximum atomic E-state index is 14.0. The third kappa shape index (κ3) is 4.07. The van der Waals surface area contributed by atoms with Gasteiger partial charge >= 0.3 is 10.8 Å². The Hall–Kier alpha value is -0.343. The summed E-state index contributed by atoms with van der Waals surface area (Å²) in [7, 11) is -1.97. The Kier molecular flexibility index (Phi) is 5.84. The highest BCUT2D eigenvalue weighted by atomic mass is 79.9. The minimum atomic E-state index is -3.47. The van der Waals surface area contributed by atoms with Crippen LogP contribution < -0.4 is 0 Å². The highest BCUT2D eigenvalue weighted by Crippen LogP contribution is 2.63. The molecule has 3 rings (SSSR count). The summed E-state index contributed by atoms with van der Waals surface area (Å²) >= 11 is 2.32. The maximum Gasteiger partial charge on any atom is 0.338 e. The van der Waals surface area contributed by atoms with Gasteiger partial charge in [-0.3, -0.25) is 4.99 Å². The smallest absolute Gasteiger partial charge is 0.338 e. The molecule has 0 aromatic heterocycles. The fraction of sp³-hybridized carbons (Fsp3) is 0.889. The second kappa shape index (κ2) is 6.92. The summed E-state index contributed by atoms with van der Waals surface area (Å²) in [5.41, 5.74) is -0.0900. The third-order valence-electron chi connectivity index (χ3n) is 5.77. The lowest BCUT2D eigenvalue weighted by Crippen LogP contribution is -2.68. The molecule has 3 aliphatic rings. The molecule has 0 radical (unpaired) electrons. The van der Waals surface area contributed by atoms with Crippen LogP contribution in [0.15, 0.2) is 4.99 Å². The zero-order chi connectivity index (χ0) is 20.1. The van der Waals surface area contributed by atoms with E-state index in [9.17, 15) is 13.6 Å². The van der Waals surface area contributed by atoms with Crippen molar-refractivity contribution in [3.8, 4) is 0 Å². The van der Waals surface area contributed by atoms with Gasteiger partial charge < -0.3 is 9.16 Å². The second-order valence-electron chi connectivity index (χ2n) is 9.10. The van der Waals surface area contributed by atoms with Gasteiger partial charge in [0.05, 0.1) is 12.2 Å². The molecule has 0 spiro atoms. The molecule has 3 aliphatic carbocycles. The summed E-state index contributed by atoms with van der Waals surface area (Å²) in [6, 6.07) is -1.90. The molecule has 26 heavy (non-hydrogen) atoms. The molecule has 3 saturated carbocycles. The van der Waals surface area contributed by atoms with E-state index >= 15 is 0 Å². The fourth-order valence-corrected chi connectivity index (χ4v) is 6.34. The summed E-state index contributed by atoms with van der Waals surface area (Å²) in [5, 5.41) is 0. The van der Waals surface area contributed by atoms with Crippen molar-refractivity contribution in [1.82, 2.24) is 0 Å². The lowest BCUT2D eigenvalue weighted by molar-refractivity contribution is -0.149. The maximum absolute atomic E-state index is 14.0. The van der Waals surface area contributed by atoms with Crippen LogP contribution in [-0.2, 0) is 14.0 Å². The Morgan fingerprint density at radius 3 is 2.38 bits per heavy atom. The lowest BCUT2D eigenvalue weighted by atomic mass is 9.44. The molecule has 8 heteroatoms. The predicted molar refractivity (Wildman–Crippen MR) is 105 cm³/mol. The normalized spacial score (nSPS) is 33.5. The lowest BCUT2D eigenvalue weighted by Gasteiger charge is -2.65. The quantitative estimate of drug-likeness (QED) is 0.322. The summed E-state index contributed by atoms with van der Waals surface area (Å²) in [5.74, 6) is -0.446. The van der Waals surface area contributed by atoms with Crippen LogP contribution in [0.2, 0.25) is 19.6 Å². The molecule has 3 fully saturated rings. The van der Waals surface area contributed by atoms with Crippen LogP contribution >= 0.6 is 15.9 Å². The first kappa shape index (κ1) is 22.0. The molecule has 150 valence electrons. The summed E-state index contributed by atoms with van der Waals surface area (Å²) in [4.78, 5) is 12.9. The fourth-order valence-electron chi connectivity index (χ4n) is 4.52. The minimum Gasteiger partial charge on any atom is -0.464 e. The summed E-state index contributed by atoms with van der Waals surface area (Å²) in [6.45, 7) is 14.2.